The summed E-state index contributed by atoms with van der Waals surface area (Å²) in [4.78, 5) is 27.8. The molecule has 0 saturated heterocycles. The number of phenolic OH excluding ortho intramolecular Hbond substituents is 1. The van der Waals surface area contributed by atoms with Crippen molar-refractivity contribution in [1.29, 1.82) is 0 Å². The number of fused-ring (bicyclic) bond motifs is 2. The molecule has 0 bridgehead atoms. The van der Waals surface area contributed by atoms with Crippen molar-refractivity contribution in [3.05, 3.63) is 108 Å². The fourth-order valence-electron chi connectivity index (χ4n) is 5.63. The molecule has 3 heterocycles. The zero-order chi connectivity index (χ0) is 35.0. The number of amides is 2. The number of nitrogens with zero attached hydrogens (tertiary/aromatic N) is 3. The second kappa shape index (κ2) is 15.5. The van der Waals surface area contributed by atoms with E-state index in [1.54, 1.807) is 24.5 Å². The van der Waals surface area contributed by atoms with Gasteiger partial charge in [-0.15, -0.1) is 0 Å². The van der Waals surface area contributed by atoms with Gasteiger partial charge in [0.2, 0.25) is 11.8 Å². The Bertz CT molecular complexity index is 2250. The molecule has 7 rings (SSSR count). The van der Waals surface area contributed by atoms with Crippen molar-refractivity contribution in [2.24, 2.45) is 0 Å². The van der Waals surface area contributed by atoms with E-state index in [4.69, 9.17) is 11.6 Å². The number of anilines is 2. The summed E-state index contributed by atoms with van der Waals surface area (Å²) in [6.45, 7) is 3.93. The first-order valence-corrected chi connectivity index (χ1v) is 16.8. The molecule has 2 amide bonds. The highest BCUT2D eigenvalue weighted by Gasteiger charge is 2.16. The average molecular weight is 686 g/mol. The highest BCUT2D eigenvalue weighted by Crippen LogP contribution is 2.38. The van der Waals surface area contributed by atoms with Crippen molar-refractivity contribution >= 4 is 56.9 Å². The summed E-state index contributed by atoms with van der Waals surface area (Å²) in [5.74, 6) is 1.22. The van der Waals surface area contributed by atoms with Crippen molar-refractivity contribution in [2.45, 2.75) is 39.5 Å². The summed E-state index contributed by atoms with van der Waals surface area (Å²) in [6.07, 6.45) is 5.95. The lowest BCUT2D eigenvalue weighted by molar-refractivity contribution is -0.117. The van der Waals surface area contributed by atoms with Crippen LogP contribution in [0.3, 0.4) is 0 Å². The number of aromatic amines is 2. The molecule has 0 radical (unpaired) electrons. The molecule has 0 aliphatic rings. The number of hydrogen-bond donors (Lipinski definition) is 5. The Morgan fingerprint density at radius 3 is 1.74 bits per heavy atom. The number of hydrogen-bond acceptors (Lipinski definition) is 6. The van der Waals surface area contributed by atoms with E-state index in [2.05, 4.69) is 54.2 Å². The third-order valence-electron chi connectivity index (χ3n) is 8.08. The average Bonchev–Trinajstić information content (AvgIpc) is 3.71. The Balaban J connectivity index is 0.000000178. The Hall–Kier alpha value is -6.00. The maximum Gasteiger partial charge on any atom is 0.225 e. The van der Waals surface area contributed by atoms with Crippen LogP contribution in [0.15, 0.2) is 103 Å². The van der Waals surface area contributed by atoms with Crippen LogP contribution in [0.4, 0.5) is 11.6 Å². The van der Waals surface area contributed by atoms with Gasteiger partial charge in [-0.25, -0.2) is 0 Å². The van der Waals surface area contributed by atoms with Gasteiger partial charge in [0.1, 0.15) is 5.75 Å². The molecular formula is C39H36ClN7O3. The van der Waals surface area contributed by atoms with Gasteiger partial charge in [0.15, 0.2) is 11.6 Å². The van der Waals surface area contributed by atoms with Crippen LogP contribution < -0.4 is 10.6 Å². The van der Waals surface area contributed by atoms with Crippen LogP contribution in [0.2, 0.25) is 5.02 Å². The molecule has 4 aromatic carbocycles. The van der Waals surface area contributed by atoms with Gasteiger partial charge in [0.25, 0.3) is 0 Å². The predicted octanol–water partition coefficient (Wildman–Crippen LogP) is 9.36. The lowest BCUT2D eigenvalue weighted by atomic mass is 9.93. The fraction of sp³-hybridized carbons (Fsp3) is 0.154. The van der Waals surface area contributed by atoms with E-state index in [0.717, 1.165) is 68.0 Å². The topological polar surface area (TPSA) is 149 Å². The van der Waals surface area contributed by atoms with Crippen LogP contribution in [0, 0.1) is 0 Å². The summed E-state index contributed by atoms with van der Waals surface area (Å²) in [7, 11) is 0. The summed E-state index contributed by atoms with van der Waals surface area (Å²) >= 11 is 6.35. The molecule has 0 spiro atoms. The van der Waals surface area contributed by atoms with Gasteiger partial charge in [-0.05, 0) is 89.2 Å². The van der Waals surface area contributed by atoms with Crippen molar-refractivity contribution in [1.82, 2.24) is 25.4 Å². The first kappa shape index (κ1) is 33.9. The highest BCUT2D eigenvalue weighted by atomic mass is 35.5. The molecule has 50 heavy (non-hydrogen) atoms. The first-order chi connectivity index (χ1) is 24.3. The lowest BCUT2D eigenvalue weighted by Gasteiger charge is -2.12. The molecule has 0 aliphatic carbocycles. The molecule has 0 fully saturated rings. The molecule has 3 aromatic heterocycles. The third kappa shape index (κ3) is 7.66. The number of phenols is 1. The second-order valence-corrected chi connectivity index (χ2v) is 12.1. The normalized spacial score (nSPS) is 10.9. The van der Waals surface area contributed by atoms with Gasteiger partial charge in [-0.3, -0.25) is 24.8 Å². The van der Waals surface area contributed by atoms with E-state index < -0.39 is 0 Å². The van der Waals surface area contributed by atoms with Crippen LogP contribution in [0.5, 0.6) is 5.75 Å². The molecule has 0 aliphatic heterocycles. The predicted molar refractivity (Wildman–Crippen MR) is 200 cm³/mol. The molecular weight excluding hydrogens is 650 g/mol. The van der Waals surface area contributed by atoms with E-state index in [-0.39, 0.29) is 17.6 Å². The van der Waals surface area contributed by atoms with Crippen LogP contribution in [0.1, 0.15) is 39.5 Å². The SMILES string of the molecule is CCCC(=O)Nc1n[nH]c2cc(-c3ccc(O)cc3)c(-c3ccccc3)cc12.CCCC(=O)Nc1n[nH]c2cc(Cl)c(-c3ccncc3)cc12. The van der Waals surface area contributed by atoms with Crippen molar-refractivity contribution in [3.8, 4) is 39.1 Å². The third-order valence-corrected chi connectivity index (χ3v) is 8.39. The molecule has 0 unspecified atom stereocenters. The molecule has 5 N–H and O–H groups in total. The largest absolute Gasteiger partial charge is 0.508 e. The van der Waals surface area contributed by atoms with Gasteiger partial charge in [0, 0.05) is 41.6 Å². The molecule has 0 atom stereocenters. The minimum Gasteiger partial charge on any atom is -0.508 e. The number of H-pyrrole nitrogens is 2. The number of halogens is 1. The number of aromatic nitrogens is 5. The van der Waals surface area contributed by atoms with Crippen molar-refractivity contribution in [3.63, 3.8) is 0 Å². The number of carbonyl (C=O) groups is 2. The highest BCUT2D eigenvalue weighted by molar-refractivity contribution is 6.34. The van der Waals surface area contributed by atoms with E-state index >= 15 is 0 Å². The number of aromatic hydroxyl groups is 1. The Morgan fingerprint density at radius 1 is 0.660 bits per heavy atom. The van der Waals surface area contributed by atoms with Crippen LogP contribution >= 0.6 is 11.6 Å². The van der Waals surface area contributed by atoms with Gasteiger partial charge < -0.3 is 15.7 Å². The minimum atomic E-state index is -0.0451. The van der Waals surface area contributed by atoms with E-state index in [1.165, 1.54) is 0 Å². The maximum absolute atomic E-state index is 12.0. The summed E-state index contributed by atoms with van der Waals surface area (Å²) in [5.41, 5.74) is 7.59. The number of nitrogens with one attached hydrogen (secondary N) is 4. The lowest BCUT2D eigenvalue weighted by Crippen LogP contribution is -2.11. The quantitative estimate of drug-likeness (QED) is 0.102. The minimum absolute atomic E-state index is 0.0419. The number of rotatable bonds is 9. The van der Waals surface area contributed by atoms with Crippen LogP contribution in [-0.4, -0.2) is 42.3 Å². The molecule has 10 nitrogen and oxygen atoms in total. The number of benzene rings is 4. The maximum atomic E-state index is 12.0. The van der Waals surface area contributed by atoms with Crippen molar-refractivity contribution in [2.75, 3.05) is 10.6 Å². The van der Waals surface area contributed by atoms with Gasteiger partial charge >= 0.3 is 0 Å². The van der Waals surface area contributed by atoms with E-state index in [0.29, 0.717) is 29.5 Å². The first-order valence-electron chi connectivity index (χ1n) is 16.4. The number of carbonyl (C=O) groups excluding carboxylic acids is 2. The van der Waals surface area contributed by atoms with Gasteiger partial charge in [0.05, 0.1) is 16.1 Å². The molecule has 7 aromatic rings. The Morgan fingerprint density at radius 2 is 1.16 bits per heavy atom. The van der Waals surface area contributed by atoms with E-state index in [9.17, 15) is 14.7 Å². The molecule has 11 heteroatoms. The van der Waals surface area contributed by atoms with Gasteiger partial charge in [-0.1, -0.05) is 67.9 Å². The standard InChI is InChI=1S/C23H21N3O2.C16H15ClN4O/c1-2-6-22(28)24-23-20-13-18(15-7-4-3-5-8-15)19(14-21(20)25-26-23)16-9-11-17(27)12-10-16;1-2-3-15(22)19-16-12-8-11(10-4-6-18-7-5-10)13(17)9-14(12)20-21-16/h3-5,7-14,27H,2,6H2,1H3,(H2,24,25,26,28);4-9H,2-3H2,1H3,(H2,19,20,21,22). The summed E-state index contributed by atoms with van der Waals surface area (Å²) in [6, 6.07) is 28.8. The second-order valence-electron chi connectivity index (χ2n) is 11.7. The van der Waals surface area contributed by atoms with Crippen molar-refractivity contribution < 1.29 is 14.7 Å². The fourth-order valence-corrected chi connectivity index (χ4v) is 5.90. The number of pyridine rings is 1. The molecule has 0 saturated carbocycles. The van der Waals surface area contributed by atoms with Gasteiger partial charge in [-0.2, -0.15) is 10.2 Å². The monoisotopic (exact) mass is 685 g/mol. The van der Waals surface area contributed by atoms with Crippen LogP contribution in [-0.2, 0) is 9.59 Å². The zero-order valence-corrected chi connectivity index (χ0v) is 28.4. The Kier molecular flexibility index (Phi) is 10.5. The smallest absolute Gasteiger partial charge is 0.225 e. The summed E-state index contributed by atoms with van der Waals surface area (Å²) in [5, 5.41) is 32.1. The van der Waals surface area contributed by atoms with E-state index in [1.807, 2.05) is 74.5 Å². The zero-order valence-electron chi connectivity index (χ0n) is 27.6. The molecule has 252 valence electrons. The van der Waals surface area contributed by atoms with Crippen LogP contribution in [0.25, 0.3) is 55.2 Å². The Labute approximate surface area is 293 Å². The summed E-state index contributed by atoms with van der Waals surface area (Å²) < 4.78 is 0.